The van der Waals surface area contributed by atoms with Crippen LogP contribution in [-0.2, 0) is 4.79 Å². The maximum absolute atomic E-state index is 11.6. The van der Waals surface area contributed by atoms with Crippen LogP contribution in [0.4, 0.5) is 0 Å². The molecule has 0 spiro atoms. The topological polar surface area (TPSA) is 65.7 Å². The van der Waals surface area contributed by atoms with Crippen molar-refractivity contribution < 1.29 is 14.3 Å². The summed E-state index contributed by atoms with van der Waals surface area (Å²) in [6.07, 6.45) is 10.5. The Morgan fingerprint density at radius 2 is 1.86 bits per heavy atom. The second-order valence-electron chi connectivity index (χ2n) is 8.85. The van der Waals surface area contributed by atoms with Crippen molar-refractivity contribution in [2.75, 3.05) is 26.2 Å². The number of piperidine rings is 1. The zero-order valence-electron chi connectivity index (χ0n) is 17.3. The number of furan rings is 1. The van der Waals surface area contributed by atoms with E-state index in [0.29, 0.717) is 12.0 Å². The summed E-state index contributed by atoms with van der Waals surface area (Å²) in [7, 11) is 0. The largest absolute Gasteiger partial charge is 0.464 e. The van der Waals surface area contributed by atoms with Gasteiger partial charge in [-0.05, 0) is 82.5 Å². The third-order valence-electron chi connectivity index (χ3n) is 6.94. The van der Waals surface area contributed by atoms with Gasteiger partial charge in [0.1, 0.15) is 5.58 Å². The van der Waals surface area contributed by atoms with Crippen LogP contribution in [-0.4, -0.2) is 48.2 Å². The second-order valence-corrected chi connectivity index (χ2v) is 8.85. The van der Waals surface area contributed by atoms with E-state index in [-0.39, 0.29) is 18.9 Å². The molecule has 2 aromatic rings. The van der Waals surface area contributed by atoms with Gasteiger partial charge >= 0.3 is 0 Å². The maximum atomic E-state index is 11.6. The summed E-state index contributed by atoms with van der Waals surface area (Å²) in [6, 6.07) is 8.69. The van der Waals surface area contributed by atoms with Crippen molar-refractivity contribution in [2.45, 2.75) is 63.3 Å². The molecular formula is C24H34N2O3. The van der Waals surface area contributed by atoms with E-state index in [1.807, 2.05) is 12.3 Å². The Morgan fingerprint density at radius 1 is 1.10 bits per heavy atom. The van der Waals surface area contributed by atoms with E-state index in [1.54, 1.807) is 0 Å². The first-order valence-corrected chi connectivity index (χ1v) is 11.3. The van der Waals surface area contributed by atoms with E-state index < -0.39 is 0 Å². The summed E-state index contributed by atoms with van der Waals surface area (Å²) >= 11 is 0. The molecule has 1 amide bonds. The van der Waals surface area contributed by atoms with Crippen molar-refractivity contribution in [3.63, 3.8) is 0 Å². The monoisotopic (exact) mass is 398 g/mol. The molecule has 1 aliphatic carbocycles. The lowest BCUT2D eigenvalue weighted by atomic mass is 9.83. The number of hydrogen-bond donors (Lipinski definition) is 2. The van der Waals surface area contributed by atoms with Crippen molar-refractivity contribution >= 4 is 16.9 Å². The zero-order chi connectivity index (χ0) is 20.1. The molecule has 1 aromatic carbocycles. The molecule has 0 unspecified atom stereocenters. The van der Waals surface area contributed by atoms with Gasteiger partial charge in [-0.2, -0.15) is 0 Å². The van der Waals surface area contributed by atoms with Crippen molar-refractivity contribution in [1.29, 1.82) is 0 Å². The molecular weight excluding hydrogens is 364 g/mol. The Kier molecular flexibility index (Phi) is 6.88. The Morgan fingerprint density at radius 3 is 2.62 bits per heavy atom. The van der Waals surface area contributed by atoms with Crippen molar-refractivity contribution in [3.8, 4) is 0 Å². The van der Waals surface area contributed by atoms with Crippen molar-refractivity contribution in [1.82, 2.24) is 10.2 Å². The van der Waals surface area contributed by atoms with E-state index in [1.165, 1.54) is 62.7 Å². The molecule has 0 atom stereocenters. The van der Waals surface area contributed by atoms with Crippen LogP contribution in [0.25, 0.3) is 11.0 Å². The summed E-state index contributed by atoms with van der Waals surface area (Å²) in [5, 5.41) is 13.2. The van der Waals surface area contributed by atoms with E-state index in [4.69, 9.17) is 9.52 Å². The number of carbonyl (C=O) groups is 1. The van der Waals surface area contributed by atoms with E-state index >= 15 is 0 Å². The average Bonchev–Trinajstić information content (AvgIpc) is 3.18. The number of benzene rings is 1. The first-order valence-electron chi connectivity index (χ1n) is 11.3. The summed E-state index contributed by atoms with van der Waals surface area (Å²) in [4.78, 5) is 14.3. The van der Waals surface area contributed by atoms with Crippen LogP contribution < -0.4 is 5.32 Å². The van der Waals surface area contributed by atoms with E-state index in [2.05, 4.69) is 28.4 Å². The molecule has 5 nitrogen and oxygen atoms in total. The number of aliphatic hydroxyl groups is 1. The summed E-state index contributed by atoms with van der Waals surface area (Å²) in [5.74, 6) is 1.40. The maximum Gasteiger partial charge on any atom is 0.222 e. The van der Waals surface area contributed by atoms with Crippen LogP contribution in [0.1, 0.15) is 62.8 Å². The molecule has 2 N–H and O–H groups in total. The number of likely N-dealkylation sites (tertiary alicyclic amines) is 1. The quantitative estimate of drug-likeness (QED) is 0.738. The lowest BCUT2D eigenvalue weighted by Gasteiger charge is -2.34. The number of amides is 1. The van der Waals surface area contributed by atoms with Gasteiger partial charge in [-0.3, -0.25) is 4.79 Å². The Labute approximate surface area is 173 Å². The Hall–Kier alpha value is -1.85. The van der Waals surface area contributed by atoms with Crippen molar-refractivity contribution in [3.05, 3.63) is 36.1 Å². The number of para-hydroxylation sites is 1. The van der Waals surface area contributed by atoms with Crippen LogP contribution in [0.15, 0.2) is 34.9 Å². The number of rotatable bonds is 7. The summed E-state index contributed by atoms with van der Waals surface area (Å²) in [5.41, 5.74) is 2.40. The van der Waals surface area contributed by atoms with Gasteiger partial charge < -0.3 is 19.7 Å². The predicted molar refractivity (Wildman–Crippen MR) is 115 cm³/mol. The standard InChI is InChI=1S/C24H34N2O3/c27-16-12-24(28)25-20-7-5-18(6-8-20)9-13-26-14-10-19(11-15-26)22-17-29-23-4-2-1-3-21(22)23/h1-4,17-20,27H,5-16H2,(H,25,28)/t18-,20-. The number of fused-ring (bicyclic) bond motifs is 1. The molecule has 1 aromatic heterocycles. The third kappa shape index (κ3) is 5.20. The highest BCUT2D eigenvalue weighted by Crippen LogP contribution is 2.35. The SMILES string of the molecule is O=C(CCO)N[C@H]1CC[C@H](CCN2CCC(c3coc4ccccc34)CC2)CC1. The van der Waals surface area contributed by atoms with Gasteiger partial charge in [0.05, 0.1) is 12.9 Å². The van der Waals surface area contributed by atoms with Crippen LogP contribution >= 0.6 is 0 Å². The molecule has 2 fully saturated rings. The molecule has 158 valence electrons. The molecule has 2 heterocycles. The number of aliphatic hydroxyl groups excluding tert-OH is 1. The van der Waals surface area contributed by atoms with E-state index in [0.717, 1.165) is 24.3 Å². The Balaban J connectivity index is 1.17. The number of hydrogen-bond acceptors (Lipinski definition) is 4. The highest BCUT2D eigenvalue weighted by atomic mass is 16.3. The molecule has 0 bridgehead atoms. The van der Waals surface area contributed by atoms with E-state index in [9.17, 15) is 4.79 Å². The average molecular weight is 399 g/mol. The molecule has 1 saturated heterocycles. The minimum atomic E-state index is -0.0608. The second kappa shape index (κ2) is 9.77. The first-order chi connectivity index (χ1) is 14.2. The predicted octanol–water partition coefficient (Wildman–Crippen LogP) is 4.06. The fourth-order valence-electron chi connectivity index (χ4n) is 5.14. The van der Waals surface area contributed by atoms with Gasteiger partial charge in [0, 0.05) is 23.4 Å². The third-order valence-corrected chi connectivity index (χ3v) is 6.94. The number of carbonyl (C=O) groups excluding carboxylic acids is 1. The molecule has 2 aliphatic rings. The highest BCUT2D eigenvalue weighted by Gasteiger charge is 2.26. The minimum absolute atomic E-state index is 0.00998. The van der Waals surface area contributed by atoms with Crippen LogP contribution in [0, 0.1) is 5.92 Å². The van der Waals surface area contributed by atoms with Gasteiger partial charge in [0.15, 0.2) is 0 Å². The lowest BCUT2D eigenvalue weighted by Crippen LogP contribution is -2.39. The normalized spacial score (nSPS) is 24.0. The molecule has 1 aliphatic heterocycles. The van der Waals surface area contributed by atoms with Gasteiger partial charge in [-0.1, -0.05) is 18.2 Å². The summed E-state index contributed by atoms with van der Waals surface area (Å²) < 4.78 is 5.75. The van der Waals surface area contributed by atoms with Crippen molar-refractivity contribution in [2.24, 2.45) is 5.92 Å². The van der Waals surface area contributed by atoms with Crippen LogP contribution in [0.5, 0.6) is 0 Å². The number of nitrogens with one attached hydrogen (secondary N) is 1. The summed E-state index contributed by atoms with van der Waals surface area (Å²) in [6.45, 7) is 3.49. The molecule has 4 rings (SSSR count). The highest BCUT2D eigenvalue weighted by molar-refractivity contribution is 5.81. The van der Waals surface area contributed by atoms with Gasteiger partial charge in [-0.15, -0.1) is 0 Å². The fourth-order valence-corrected chi connectivity index (χ4v) is 5.14. The minimum Gasteiger partial charge on any atom is -0.464 e. The fraction of sp³-hybridized carbons (Fsp3) is 0.625. The number of nitrogens with zero attached hydrogens (tertiary/aromatic N) is 1. The molecule has 0 radical (unpaired) electrons. The van der Waals surface area contributed by atoms with Crippen LogP contribution in [0.2, 0.25) is 0 Å². The lowest BCUT2D eigenvalue weighted by molar-refractivity contribution is -0.122. The first kappa shape index (κ1) is 20.4. The smallest absolute Gasteiger partial charge is 0.222 e. The van der Waals surface area contributed by atoms with Crippen LogP contribution in [0.3, 0.4) is 0 Å². The molecule has 1 saturated carbocycles. The van der Waals surface area contributed by atoms with Gasteiger partial charge in [0.2, 0.25) is 5.91 Å². The Bertz CT molecular complexity index is 786. The van der Waals surface area contributed by atoms with Gasteiger partial charge in [0.25, 0.3) is 0 Å². The zero-order valence-corrected chi connectivity index (χ0v) is 17.3. The molecule has 29 heavy (non-hydrogen) atoms. The molecule has 5 heteroatoms. The van der Waals surface area contributed by atoms with Gasteiger partial charge in [-0.25, -0.2) is 0 Å².